The van der Waals surface area contributed by atoms with E-state index < -0.39 is 0 Å². The summed E-state index contributed by atoms with van der Waals surface area (Å²) in [6.45, 7) is 6.42. The van der Waals surface area contributed by atoms with Crippen molar-refractivity contribution in [3.05, 3.63) is 23.8 Å². The van der Waals surface area contributed by atoms with Crippen LogP contribution < -0.4 is 9.47 Å². The van der Waals surface area contributed by atoms with E-state index in [4.69, 9.17) is 9.47 Å². The van der Waals surface area contributed by atoms with E-state index in [2.05, 4.69) is 20.8 Å². The van der Waals surface area contributed by atoms with Crippen LogP contribution in [0.15, 0.2) is 18.2 Å². The summed E-state index contributed by atoms with van der Waals surface area (Å²) in [7, 11) is 1.66. The Morgan fingerprint density at radius 3 is 2.39 bits per heavy atom. The van der Waals surface area contributed by atoms with Gasteiger partial charge in [-0.1, -0.05) is 20.8 Å². The highest BCUT2D eigenvalue weighted by Gasteiger charge is 2.30. The Labute approximate surface area is 108 Å². The fourth-order valence-corrected chi connectivity index (χ4v) is 2.04. The molecule has 18 heavy (non-hydrogen) atoms. The Morgan fingerprint density at radius 2 is 1.89 bits per heavy atom. The second kappa shape index (κ2) is 4.63. The van der Waals surface area contributed by atoms with Crippen molar-refractivity contribution >= 4 is 5.78 Å². The molecule has 0 radical (unpaired) electrons. The van der Waals surface area contributed by atoms with Crippen molar-refractivity contribution < 1.29 is 14.3 Å². The first-order valence-corrected chi connectivity index (χ1v) is 6.27. The normalized spacial score (nSPS) is 16.3. The Bertz CT molecular complexity index is 449. The third-order valence-corrected chi connectivity index (χ3v) is 3.20. The monoisotopic (exact) mass is 248 g/mol. The van der Waals surface area contributed by atoms with Gasteiger partial charge in [0.1, 0.15) is 23.4 Å². The first-order valence-electron chi connectivity index (χ1n) is 6.27. The number of hydrogen-bond acceptors (Lipinski definition) is 3. The molecular formula is C15H20O3. The molecule has 3 heteroatoms. The van der Waals surface area contributed by atoms with Gasteiger partial charge >= 0.3 is 0 Å². The van der Waals surface area contributed by atoms with Gasteiger partial charge < -0.3 is 9.47 Å². The highest BCUT2D eigenvalue weighted by Crippen LogP contribution is 2.36. The number of benzene rings is 1. The third-order valence-electron chi connectivity index (χ3n) is 3.20. The molecule has 0 amide bonds. The first kappa shape index (κ1) is 12.9. The van der Waals surface area contributed by atoms with Crippen molar-refractivity contribution in [2.75, 3.05) is 7.11 Å². The molecule has 0 N–H and O–H groups in total. The number of ketones is 1. The summed E-state index contributed by atoms with van der Waals surface area (Å²) in [4.78, 5) is 11.0. The number of methoxy groups -OCH3 is 1. The maximum Gasteiger partial charge on any atom is 0.140 e. The summed E-state index contributed by atoms with van der Waals surface area (Å²) >= 11 is 0. The molecule has 0 aromatic heterocycles. The lowest BCUT2D eigenvalue weighted by atomic mass is 9.86. The average molecular weight is 248 g/mol. The van der Waals surface area contributed by atoms with E-state index in [0.29, 0.717) is 12.8 Å². The minimum Gasteiger partial charge on any atom is -0.497 e. The zero-order valence-electron chi connectivity index (χ0n) is 11.4. The molecule has 1 aliphatic carbocycles. The van der Waals surface area contributed by atoms with Crippen LogP contribution in [0, 0.1) is 0 Å². The second-order valence-corrected chi connectivity index (χ2v) is 5.80. The molecule has 0 bridgehead atoms. The van der Waals surface area contributed by atoms with Crippen molar-refractivity contribution in [1.82, 2.24) is 0 Å². The molecular weight excluding hydrogens is 228 g/mol. The molecule has 2 rings (SSSR count). The quantitative estimate of drug-likeness (QED) is 0.824. The summed E-state index contributed by atoms with van der Waals surface area (Å²) in [6.07, 6.45) is 1.12. The number of carbonyl (C=O) groups is 1. The van der Waals surface area contributed by atoms with Crippen molar-refractivity contribution in [2.45, 2.75) is 45.1 Å². The molecule has 0 heterocycles. The van der Waals surface area contributed by atoms with Gasteiger partial charge in [-0.15, -0.1) is 0 Å². The van der Waals surface area contributed by atoms with Gasteiger partial charge in [0.15, 0.2) is 0 Å². The zero-order chi connectivity index (χ0) is 13.3. The molecule has 98 valence electrons. The van der Waals surface area contributed by atoms with Crippen LogP contribution in [0.1, 0.15) is 39.2 Å². The lowest BCUT2D eigenvalue weighted by Crippen LogP contribution is -2.34. The molecule has 1 aliphatic rings. The van der Waals surface area contributed by atoms with Gasteiger partial charge in [-0.2, -0.15) is 0 Å². The zero-order valence-corrected chi connectivity index (χ0v) is 11.4. The topological polar surface area (TPSA) is 35.5 Å². The molecule has 0 unspecified atom stereocenters. The van der Waals surface area contributed by atoms with E-state index in [-0.39, 0.29) is 17.3 Å². The number of Topliss-reactive ketones (excluding diaryl/α,β-unsaturated/α-hetero) is 1. The van der Waals surface area contributed by atoms with Crippen molar-refractivity contribution in [2.24, 2.45) is 0 Å². The van der Waals surface area contributed by atoms with E-state index in [1.54, 1.807) is 7.11 Å². The van der Waals surface area contributed by atoms with Crippen LogP contribution in [-0.2, 0) is 10.2 Å². The summed E-state index contributed by atoms with van der Waals surface area (Å²) in [5.74, 6) is 1.98. The van der Waals surface area contributed by atoms with Crippen LogP contribution in [0.25, 0.3) is 0 Å². The molecule has 1 fully saturated rings. The van der Waals surface area contributed by atoms with E-state index in [9.17, 15) is 4.79 Å². The van der Waals surface area contributed by atoms with Crippen LogP contribution in [0.3, 0.4) is 0 Å². The van der Waals surface area contributed by atoms with E-state index in [0.717, 1.165) is 17.1 Å². The number of ether oxygens (including phenoxy) is 2. The molecule has 0 saturated heterocycles. The molecule has 3 nitrogen and oxygen atoms in total. The summed E-state index contributed by atoms with van der Waals surface area (Å²) < 4.78 is 11.2. The van der Waals surface area contributed by atoms with E-state index in [1.807, 2.05) is 18.2 Å². The van der Waals surface area contributed by atoms with Crippen molar-refractivity contribution in [3.8, 4) is 11.5 Å². The van der Waals surface area contributed by atoms with Crippen LogP contribution in [0.5, 0.6) is 11.5 Å². The van der Waals surface area contributed by atoms with Crippen LogP contribution >= 0.6 is 0 Å². The maximum atomic E-state index is 11.0. The predicted octanol–water partition coefficient (Wildman–Crippen LogP) is 3.10. The Balaban J connectivity index is 2.25. The Morgan fingerprint density at radius 1 is 1.22 bits per heavy atom. The Hall–Kier alpha value is -1.51. The molecule has 1 aromatic carbocycles. The maximum absolute atomic E-state index is 11.0. The molecule has 0 atom stereocenters. The largest absolute Gasteiger partial charge is 0.497 e. The summed E-state index contributed by atoms with van der Waals surface area (Å²) in [5.41, 5.74) is 1.10. The van der Waals surface area contributed by atoms with Crippen LogP contribution in [0.4, 0.5) is 0 Å². The third kappa shape index (κ3) is 2.66. The van der Waals surface area contributed by atoms with Crippen molar-refractivity contribution in [3.63, 3.8) is 0 Å². The standard InChI is InChI=1S/C15H20O3/c1-15(2,3)13-9-11(17-4)5-6-14(13)18-12-7-10(16)8-12/h5-6,9,12H,7-8H2,1-4H3. The van der Waals surface area contributed by atoms with Gasteiger partial charge in [-0.3, -0.25) is 4.79 Å². The highest BCUT2D eigenvalue weighted by molar-refractivity contribution is 5.85. The van der Waals surface area contributed by atoms with E-state index in [1.165, 1.54) is 0 Å². The first-order chi connectivity index (χ1) is 8.40. The SMILES string of the molecule is COc1ccc(OC2CC(=O)C2)c(C(C)(C)C)c1. The highest BCUT2D eigenvalue weighted by atomic mass is 16.5. The van der Waals surface area contributed by atoms with Gasteiger partial charge in [0.05, 0.1) is 7.11 Å². The molecule has 1 aromatic rings. The van der Waals surface area contributed by atoms with Gasteiger partial charge in [0, 0.05) is 18.4 Å². The number of carbonyl (C=O) groups excluding carboxylic acids is 1. The number of rotatable bonds is 3. The van der Waals surface area contributed by atoms with E-state index >= 15 is 0 Å². The average Bonchev–Trinajstić information content (AvgIpc) is 2.26. The van der Waals surface area contributed by atoms with Gasteiger partial charge in [-0.05, 0) is 23.6 Å². The fourth-order valence-electron chi connectivity index (χ4n) is 2.04. The fraction of sp³-hybridized carbons (Fsp3) is 0.533. The molecule has 0 spiro atoms. The summed E-state index contributed by atoms with van der Waals surface area (Å²) in [5, 5.41) is 0. The van der Waals surface area contributed by atoms with Crippen molar-refractivity contribution in [1.29, 1.82) is 0 Å². The van der Waals surface area contributed by atoms with Gasteiger partial charge in [-0.25, -0.2) is 0 Å². The minimum atomic E-state index is -0.0162. The molecule has 0 aliphatic heterocycles. The Kier molecular flexibility index (Phi) is 3.33. The minimum absolute atomic E-state index is 0.0162. The predicted molar refractivity (Wildman–Crippen MR) is 70.4 cm³/mol. The smallest absolute Gasteiger partial charge is 0.140 e. The molecule has 1 saturated carbocycles. The lowest BCUT2D eigenvalue weighted by Gasteiger charge is -2.29. The van der Waals surface area contributed by atoms with Crippen LogP contribution in [0.2, 0.25) is 0 Å². The van der Waals surface area contributed by atoms with Crippen LogP contribution in [-0.4, -0.2) is 19.0 Å². The van der Waals surface area contributed by atoms with Gasteiger partial charge in [0.2, 0.25) is 0 Å². The van der Waals surface area contributed by atoms with Gasteiger partial charge in [0.25, 0.3) is 0 Å². The second-order valence-electron chi connectivity index (χ2n) is 5.80. The summed E-state index contributed by atoms with van der Waals surface area (Å²) in [6, 6.07) is 5.84. The lowest BCUT2D eigenvalue weighted by molar-refractivity contribution is -0.129. The number of hydrogen-bond donors (Lipinski definition) is 0.